The molecule has 1 saturated heterocycles. The van der Waals surface area contributed by atoms with E-state index in [0.29, 0.717) is 11.7 Å². The minimum Gasteiger partial charge on any atom is -0.468 e. The van der Waals surface area contributed by atoms with E-state index in [9.17, 15) is 8.42 Å². The highest BCUT2D eigenvalue weighted by Crippen LogP contribution is 2.39. The van der Waals surface area contributed by atoms with Crippen LogP contribution in [0.1, 0.15) is 24.1 Å². The zero-order chi connectivity index (χ0) is 18.9. The molecule has 141 valence electrons. The summed E-state index contributed by atoms with van der Waals surface area (Å²) in [7, 11) is -1.49. The second-order valence-corrected chi connectivity index (χ2v) is 9.85. The van der Waals surface area contributed by atoms with Gasteiger partial charge in [-0.3, -0.25) is 0 Å². The van der Waals surface area contributed by atoms with Crippen LogP contribution in [0.25, 0.3) is 21.2 Å². The molecule has 2 heterocycles. The molecule has 4 nitrogen and oxygen atoms in total. The van der Waals surface area contributed by atoms with Crippen molar-refractivity contribution in [3.8, 4) is 16.2 Å². The molecule has 1 aliphatic rings. The molecule has 0 aliphatic carbocycles. The molecule has 0 atom stereocenters. The minimum absolute atomic E-state index is 0.225. The van der Waals surface area contributed by atoms with E-state index < -0.39 is 9.84 Å². The van der Waals surface area contributed by atoms with Gasteiger partial charge in [-0.2, -0.15) is 0 Å². The summed E-state index contributed by atoms with van der Waals surface area (Å²) in [5, 5.41) is 2.82. The summed E-state index contributed by atoms with van der Waals surface area (Å²) >= 11 is 1.56. The Labute approximate surface area is 163 Å². The zero-order valence-electron chi connectivity index (χ0n) is 15.1. The Bertz CT molecular complexity index is 1050. The van der Waals surface area contributed by atoms with Crippen LogP contribution >= 0.6 is 11.3 Å². The largest absolute Gasteiger partial charge is 0.468 e. The molecule has 1 aromatic heterocycles. The Kier molecular flexibility index (Phi) is 5.21. The van der Waals surface area contributed by atoms with Crippen LogP contribution < -0.4 is 4.74 Å². The van der Waals surface area contributed by atoms with Crippen molar-refractivity contribution in [2.45, 2.75) is 19.3 Å². The maximum Gasteiger partial charge on any atom is 0.188 e. The summed E-state index contributed by atoms with van der Waals surface area (Å²) in [6, 6.07) is 16.2. The van der Waals surface area contributed by atoms with E-state index in [4.69, 9.17) is 9.47 Å². The van der Waals surface area contributed by atoms with Crippen LogP contribution in [0, 0.1) is 5.25 Å². The molecule has 1 radical (unpaired) electrons. The molecule has 3 aromatic rings. The first-order valence-electron chi connectivity index (χ1n) is 8.91. The number of benzene rings is 2. The number of thiophene rings is 1. The van der Waals surface area contributed by atoms with Gasteiger partial charge < -0.3 is 9.47 Å². The number of ether oxygens (including phenoxy) is 2. The van der Waals surface area contributed by atoms with Crippen LogP contribution in [0.4, 0.5) is 0 Å². The lowest BCUT2D eigenvalue weighted by Crippen LogP contribution is -2.21. The fourth-order valence-electron chi connectivity index (χ4n) is 3.37. The molecular formula is C21H21O4S2. The van der Waals surface area contributed by atoms with E-state index in [0.717, 1.165) is 44.7 Å². The molecule has 0 bridgehead atoms. The van der Waals surface area contributed by atoms with Gasteiger partial charge >= 0.3 is 0 Å². The van der Waals surface area contributed by atoms with Crippen LogP contribution in [0.5, 0.6) is 5.75 Å². The summed E-state index contributed by atoms with van der Waals surface area (Å²) in [5.41, 5.74) is 1.10. The van der Waals surface area contributed by atoms with E-state index in [1.54, 1.807) is 18.4 Å². The third-order valence-corrected chi connectivity index (χ3v) is 8.09. The lowest BCUT2D eigenvalue weighted by molar-refractivity contribution is 0.0512. The Hall–Kier alpha value is -1.89. The second-order valence-electron chi connectivity index (χ2n) is 6.64. The van der Waals surface area contributed by atoms with E-state index in [1.807, 2.05) is 30.3 Å². The lowest BCUT2D eigenvalue weighted by Gasteiger charge is -2.19. The van der Waals surface area contributed by atoms with Crippen molar-refractivity contribution in [1.82, 2.24) is 0 Å². The number of sulfone groups is 1. The van der Waals surface area contributed by atoms with Crippen molar-refractivity contribution in [3.63, 3.8) is 0 Å². The second kappa shape index (κ2) is 7.62. The van der Waals surface area contributed by atoms with Gasteiger partial charge in [0, 0.05) is 16.9 Å². The molecule has 0 amide bonds. The van der Waals surface area contributed by atoms with Crippen molar-refractivity contribution in [3.05, 3.63) is 58.7 Å². The predicted octanol–water partition coefficient (Wildman–Crippen LogP) is 5.03. The van der Waals surface area contributed by atoms with Gasteiger partial charge in [0.2, 0.25) is 0 Å². The van der Waals surface area contributed by atoms with Crippen LogP contribution in [0.2, 0.25) is 0 Å². The summed E-state index contributed by atoms with van der Waals surface area (Å²) < 4.78 is 35.1. The minimum atomic E-state index is -3.09. The fourth-order valence-corrected chi connectivity index (χ4v) is 6.51. The molecule has 1 aliphatic heterocycles. The van der Waals surface area contributed by atoms with Crippen molar-refractivity contribution in [1.29, 1.82) is 0 Å². The highest BCUT2D eigenvalue weighted by atomic mass is 32.2. The Morgan fingerprint density at radius 3 is 2.56 bits per heavy atom. The molecule has 27 heavy (non-hydrogen) atoms. The highest BCUT2D eigenvalue weighted by molar-refractivity contribution is 7.94. The maximum atomic E-state index is 12.4. The van der Waals surface area contributed by atoms with Crippen molar-refractivity contribution in [2.75, 3.05) is 19.7 Å². The molecule has 0 spiro atoms. The smallest absolute Gasteiger partial charge is 0.188 e. The topological polar surface area (TPSA) is 52.6 Å². The quantitative estimate of drug-likeness (QED) is 0.563. The van der Waals surface area contributed by atoms with Crippen LogP contribution in [-0.4, -0.2) is 28.1 Å². The van der Waals surface area contributed by atoms with Gasteiger partial charge in [-0.05, 0) is 59.5 Å². The molecule has 6 heteroatoms. The Balaban J connectivity index is 1.62. The van der Waals surface area contributed by atoms with Crippen molar-refractivity contribution in [2.24, 2.45) is 0 Å². The lowest BCUT2D eigenvalue weighted by atomic mass is 10.1. The third-order valence-electron chi connectivity index (χ3n) is 4.76. The first kappa shape index (κ1) is 18.5. The van der Waals surface area contributed by atoms with Gasteiger partial charge in [0.05, 0.1) is 5.75 Å². The molecular weight excluding hydrogens is 380 g/mol. The van der Waals surface area contributed by atoms with Crippen LogP contribution in [0.15, 0.2) is 48.5 Å². The van der Waals surface area contributed by atoms with E-state index in [-0.39, 0.29) is 12.5 Å². The predicted molar refractivity (Wildman–Crippen MR) is 110 cm³/mol. The van der Waals surface area contributed by atoms with Gasteiger partial charge in [0.15, 0.2) is 16.6 Å². The van der Waals surface area contributed by atoms with Crippen molar-refractivity contribution >= 4 is 31.9 Å². The molecule has 0 saturated carbocycles. The fraction of sp³-hybridized carbons (Fsp3) is 0.286. The summed E-state index contributed by atoms with van der Waals surface area (Å²) in [4.78, 5) is 1.97. The highest BCUT2D eigenvalue weighted by Gasteiger charge is 2.32. The normalized spacial score (nSPS) is 17.2. The van der Waals surface area contributed by atoms with E-state index >= 15 is 0 Å². The van der Waals surface area contributed by atoms with Crippen LogP contribution in [0.3, 0.4) is 0 Å². The summed E-state index contributed by atoms with van der Waals surface area (Å²) in [6.45, 7) is 0.225. The Morgan fingerprint density at radius 1 is 0.963 bits per heavy atom. The monoisotopic (exact) mass is 401 g/mol. The van der Waals surface area contributed by atoms with Gasteiger partial charge in [-0.15, -0.1) is 11.3 Å². The van der Waals surface area contributed by atoms with Crippen LogP contribution in [-0.2, 0) is 14.6 Å². The first-order chi connectivity index (χ1) is 13.1. The summed E-state index contributed by atoms with van der Waals surface area (Å²) in [6.07, 6.45) is 2.38. The van der Waals surface area contributed by atoms with Gasteiger partial charge in [0.1, 0.15) is 11.0 Å². The Morgan fingerprint density at radius 2 is 1.74 bits per heavy atom. The first-order valence-corrected chi connectivity index (χ1v) is 11.4. The maximum absolute atomic E-state index is 12.4. The molecule has 0 N–H and O–H groups in total. The van der Waals surface area contributed by atoms with E-state index in [1.165, 1.54) is 0 Å². The van der Waals surface area contributed by atoms with Gasteiger partial charge in [0.25, 0.3) is 0 Å². The number of hydrogen-bond acceptors (Lipinski definition) is 5. The van der Waals surface area contributed by atoms with Crippen molar-refractivity contribution < 1.29 is 17.9 Å². The zero-order valence-corrected chi connectivity index (χ0v) is 16.7. The number of rotatable bonds is 5. The average molecular weight is 402 g/mol. The van der Waals surface area contributed by atoms with E-state index in [2.05, 4.69) is 18.2 Å². The van der Waals surface area contributed by atoms with Gasteiger partial charge in [-0.1, -0.05) is 24.6 Å². The molecule has 2 aromatic carbocycles. The number of fused-ring (bicyclic) bond motifs is 1. The standard InChI is InChI=1S/C21H21O4S2/c1-24-14-25-18-8-7-15-12-17(6-5-16(15)13-18)19-9-10-20(26-19)21-4-2-3-11-27(21,22)23/h5-10,12-13H,2-4,11,14H2,1H3. The molecule has 0 unspecified atom stereocenters. The average Bonchev–Trinajstić information content (AvgIpc) is 3.15. The SMILES string of the molecule is COCOc1ccc2cc(-c3ccc([C]4CCCCS4(=O)=O)s3)ccc2c1. The number of methoxy groups -OCH3 is 1. The third kappa shape index (κ3) is 3.88. The summed E-state index contributed by atoms with van der Waals surface area (Å²) in [5.74, 6) is 1.05. The molecule has 4 rings (SSSR count). The number of hydrogen-bond donors (Lipinski definition) is 0. The van der Waals surface area contributed by atoms with Gasteiger partial charge in [-0.25, -0.2) is 8.42 Å². The molecule has 1 fully saturated rings.